The van der Waals surface area contributed by atoms with Gasteiger partial charge in [0.25, 0.3) is 0 Å². The van der Waals surface area contributed by atoms with Gasteiger partial charge >= 0.3 is 0 Å². The molecule has 1 aliphatic carbocycles. The molecule has 1 N–H and O–H groups in total. The van der Waals surface area contributed by atoms with Crippen molar-refractivity contribution in [1.82, 2.24) is 25.0 Å². The Balaban J connectivity index is 1.72. The summed E-state index contributed by atoms with van der Waals surface area (Å²) in [5.74, 6) is 0.688. The summed E-state index contributed by atoms with van der Waals surface area (Å²) in [4.78, 5) is 9.47. The van der Waals surface area contributed by atoms with Crippen LogP contribution < -0.4 is 5.32 Å². The summed E-state index contributed by atoms with van der Waals surface area (Å²) in [6.07, 6.45) is 3.26. The Labute approximate surface area is 180 Å². The molecule has 10 heteroatoms. The first-order valence-corrected chi connectivity index (χ1v) is 11.7. The van der Waals surface area contributed by atoms with Crippen molar-refractivity contribution in [2.45, 2.75) is 82.6 Å². The van der Waals surface area contributed by atoms with Crippen LogP contribution in [0, 0.1) is 17.2 Å². The van der Waals surface area contributed by atoms with Gasteiger partial charge < -0.3 is 14.8 Å². The Bertz CT molecular complexity index is 941. The van der Waals surface area contributed by atoms with Gasteiger partial charge in [0.05, 0.1) is 18.0 Å². The lowest BCUT2D eigenvalue weighted by Gasteiger charge is -2.22. The molecule has 2 fully saturated rings. The molecule has 0 spiro atoms. The number of fused-ring (bicyclic) bond motifs is 2. The lowest BCUT2D eigenvalue weighted by atomic mass is 10.1. The third kappa shape index (κ3) is 3.98. The summed E-state index contributed by atoms with van der Waals surface area (Å²) in [6.45, 7) is 8.88. The maximum absolute atomic E-state index is 9.65. The normalized spacial score (nSPS) is 27.3. The van der Waals surface area contributed by atoms with E-state index in [1.165, 1.54) is 0 Å². The zero-order valence-corrected chi connectivity index (χ0v) is 18.8. The molecule has 3 heterocycles. The first-order chi connectivity index (χ1) is 14.5. The molecular formula is C20H29N7O2S. The lowest BCUT2D eigenvalue weighted by Crippen LogP contribution is -2.28. The molecule has 1 saturated heterocycles. The quantitative estimate of drug-likeness (QED) is 0.381. The fourth-order valence-electron chi connectivity index (χ4n) is 4.12. The van der Waals surface area contributed by atoms with Crippen molar-refractivity contribution in [3.05, 3.63) is 0 Å². The molecule has 0 unspecified atom stereocenters. The number of nitriles is 1. The van der Waals surface area contributed by atoms with E-state index in [-0.39, 0.29) is 24.2 Å². The van der Waals surface area contributed by atoms with Gasteiger partial charge in [0.1, 0.15) is 12.2 Å². The minimum Gasteiger partial charge on any atom is -0.368 e. The average Bonchev–Trinajstić information content (AvgIpc) is 3.36. The van der Waals surface area contributed by atoms with E-state index in [9.17, 15) is 5.26 Å². The van der Waals surface area contributed by atoms with Gasteiger partial charge in [0.15, 0.2) is 27.9 Å². The maximum Gasteiger partial charge on any atom is 0.191 e. The molecule has 9 nitrogen and oxygen atoms in total. The van der Waals surface area contributed by atoms with Crippen molar-refractivity contribution < 1.29 is 9.47 Å². The molecule has 1 saturated carbocycles. The van der Waals surface area contributed by atoms with Crippen molar-refractivity contribution in [1.29, 1.82) is 5.26 Å². The Hall–Kier alpha value is -1.96. The molecule has 0 radical (unpaired) electrons. The summed E-state index contributed by atoms with van der Waals surface area (Å²) < 4.78 is 14.0. The van der Waals surface area contributed by atoms with Crippen LogP contribution in [0.4, 0.5) is 5.82 Å². The second-order valence-corrected chi connectivity index (χ2v) is 9.36. The minimum absolute atomic E-state index is 0.158. The van der Waals surface area contributed by atoms with Crippen LogP contribution in [0.15, 0.2) is 5.16 Å². The van der Waals surface area contributed by atoms with Crippen molar-refractivity contribution in [3.8, 4) is 6.07 Å². The first-order valence-electron chi connectivity index (χ1n) is 10.7. The largest absolute Gasteiger partial charge is 0.368 e. The molecular weight excluding hydrogens is 402 g/mol. The Morgan fingerprint density at radius 3 is 2.77 bits per heavy atom. The standard InChI is InChI=1S/C20H29N7O2S/c1-5-7-8-22-17-14-18(24-19(23-17)30-9-6-2)27(26-25-14)13-10-12(11-21)15-16(13)29-20(3,4)28-15/h12-13,15-16H,5-10H2,1-4H3,(H,22,23,24)/t12-,13-,15-,16+/m1/s1. The smallest absolute Gasteiger partial charge is 0.191 e. The van der Waals surface area contributed by atoms with Crippen molar-refractivity contribution in [2.24, 2.45) is 5.92 Å². The number of ether oxygens (including phenoxy) is 2. The number of hydrogen-bond acceptors (Lipinski definition) is 9. The molecule has 0 aromatic carbocycles. The highest BCUT2D eigenvalue weighted by atomic mass is 32.2. The third-order valence-corrected chi connectivity index (χ3v) is 6.53. The fraction of sp³-hybridized carbons (Fsp3) is 0.750. The maximum atomic E-state index is 9.65. The zero-order valence-electron chi connectivity index (χ0n) is 18.0. The molecule has 162 valence electrons. The van der Waals surface area contributed by atoms with Gasteiger partial charge in [-0.3, -0.25) is 0 Å². The van der Waals surface area contributed by atoms with E-state index in [0.29, 0.717) is 28.6 Å². The van der Waals surface area contributed by atoms with E-state index in [0.717, 1.165) is 31.6 Å². The second-order valence-electron chi connectivity index (χ2n) is 8.29. The molecule has 2 aliphatic rings. The van der Waals surface area contributed by atoms with Crippen LogP contribution in [-0.4, -0.2) is 55.3 Å². The van der Waals surface area contributed by atoms with Crippen molar-refractivity contribution >= 4 is 28.7 Å². The SMILES string of the molecule is CCCCNc1nc(SCCC)nc2c1nnn2[C@@H]1C[C@H](C#N)[C@H]2OC(C)(C)O[C@H]21. The summed E-state index contributed by atoms with van der Waals surface area (Å²) in [6, 6.07) is 2.22. The van der Waals surface area contributed by atoms with E-state index in [2.05, 4.69) is 40.5 Å². The van der Waals surface area contributed by atoms with Gasteiger partial charge in [-0.25, -0.2) is 14.6 Å². The zero-order chi connectivity index (χ0) is 21.3. The number of nitrogens with one attached hydrogen (secondary N) is 1. The molecule has 1 aliphatic heterocycles. The highest BCUT2D eigenvalue weighted by Gasteiger charge is 2.55. The van der Waals surface area contributed by atoms with Crippen LogP contribution >= 0.6 is 11.8 Å². The average molecular weight is 432 g/mol. The molecule has 0 amide bonds. The summed E-state index contributed by atoms with van der Waals surface area (Å²) in [7, 11) is 0. The van der Waals surface area contributed by atoms with Gasteiger partial charge in [0.2, 0.25) is 0 Å². The summed E-state index contributed by atoms with van der Waals surface area (Å²) in [5.41, 5.74) is 1.33. The Morgan fingerprint density at radius 1 is 1.23 bits per heavy atom. The molecule has 4 rings (SSSR count). The number of nitrogens with zero attached hydrogens (tertiary/aromatic N) is 6. The van der Waals surface area contributed by atoms with Gasteiger partial charge in [-0.2, -0.15) is 5.26 Å². The minimum atomic E-state index is -0.719. The number of aromatic nitrogens is 5. The van der Waals surface area contributed by atoms with Crippen molar-refractivity contribution in [3.63, 3.8) is 0 Å². The van der Waals surface area contributed by atoms with Crippen LogP contribution in [0.3, 0.4) is 0 Å². The van der Waals surface area contributed by atoms with Crippen LogP contribution in [-0.2, 0) is 9.47 Å². The van der Waals surface area contributed by atoms with E-state index in [1.807, 2.05) is 18.5 Å². The fourth-order valence-corrected chi connectivity index (χ4v) is 4.81. The molecule has 4 atom stereocenters. The van der Waals surface area contributed by atoms with Crippen molar-refractivity contribution in [2.75, 3.05) is 17.6 Å². The van der Waals surface area contributed by atoms with E-state index in [4.69, 9.17) is 14.5 Å². The Kier molecular flexibility index (Phi) is 6.14. The first kappa shape index (κ1) is 21.3. The topological polar surface area (TPSA) is 111 Å². The Morgan fingerprint density at radius 2 is 2.03 bits per heavy atom. The van der Waals surface area contributed by atoms with Crippen LogP contribution in [0.5, 0.6) is 0 Å². The van der Waals surface area contributed by atoms with E-state index in [1.54, 1.807) is 11.8 Å². The predicted molar refractivity (Wildman–Crippen MR) is 114 cm³/mol. The van der Waals surface area contributed by atoms with Crippen LogP contribution in [0.1, 0.15) is 59.4 Å². The van der Waals surface area contributed by atoms with E-state index >= 15 is 0 Å². The monoisotopic (exact) mass is 431 g/mol. The highest BCUT2D eigenvalue weighted by Crippen LogP contribution is 2.47. The molecule has 0 bridgehead atoms. The summed E-state index contributed by atoms with van der Waals surface area (Å²) >= 11 is 1.63. The predicted octanol–water partition coefficient (Wildman–Crippen LogP) is 3.54. The number of unbranched alkanes of at least 4 members (excludes halogenated alkanes) is 1. The summed E-state index contributed by atoms with van der Waals surface area (Å²) in [5, 5.41) is 22.6. The van der Waals surface area contributed by atoms with E-state index < -0.39 is 5.79 Å². The highest BCUT2D eigenvalue weighted by molar-refractivity contribution is 7.99. The molecule has 2 aromatic heterocycles. The number of anilines is 1. The number of hydrogen-bond donors (Lipinski definition) is 1. The molecule has 30 heavy (non-hydrogen) atoms. The van der Waals surface area contributed by atoms with Gasteiger partial charge in [-0.15, -0.1) is 5.10 Å². The molecule has 2 aromatic rings. The third-order valence-electron chi connectivity index (χ3n) is 5.48. The van der Waals surface area contributed by atoms with Crippen LogP contribution in [0.2, 0.25) is 0 Å². The van der Waals surface area contributed by atoms with Gasteiger partial charge in [-0.05, 0) is 33.1 Å². The number of thioether (sulfide) groups is 1. The second kappa shape index (κ2) is 8.65. The van der Waals surface area contributed by atoms with Gasteiger partial charge in [0, 0.05) is 12.3 Å². The number of rotatable bonds is 8. The van der Waals surface area contributed by atoms with Gasteiger partial charge in [-0.1, -0.05) is 37.2 Å². The lowest BCUT2D eigenvalue weighted by molar-refractivity contribution is -0.158. The van der Waals surface area contributed by atoms with Crippen LogP contribution in [0.25, 0.3) is 11.2 Å².